The van der Waals surface area contributed by atoms with Crippen molar-refractivity contribution in [2.45, 2.75) is 25.9 Å². The Bertz CT molecular complexity index is 1650. The summed E-state index contributed by atoms with van der Waals surface area (Å²) in [6, 6.07) is 10.1. The van der Waals surface area contributed by atoms with Gasteiger partial charge in [0.2, 0.25) is 0 Å². The predicted molar refractivity (Wildman–Crippen MR) is 144 cm³/mol. The third-order valence-electron chi connectivity index (χ3n) is 6.13. The Kier molecular flexibility index (Phi) is 6.67. The summed E-state index contributed by atoms with van der Waals surface area (Å²) in [5.41, 5.74) is 2.83. The van der Waals surface area contributed by atoms with Crippen LogP contribution < -0.4 is 10.1 Å². The number of hydrogen-bond donors (Lipinski definition) is 1. The van der Waals surface area contributed by atoms with Gasteiger partial charge in [-0.25, -0.2) is 24.0 Å². The molecule has 11 heteroatoms. The van der Waals surface area contributed by atoms with Crippen molar-refractivity contribution in [1.82, 2.24) is 30.0 Å². The minimum absolute atomic E-state index is 0.00732. The molecule has 3 aromatic heterocycles. The number of aryl methyl sites for hydroxylation is 2. The van der Waals surface area contributed by atoms with Crippen LogP contribution in [0.1, 0.15) is 29.4 Å². The van der Waals surface area contributed by atoms with Gasteiger partial charge in [0.05, 0.1) is 10.7 Å². The maximum atomic E-state index is 14.5. The van der Waals surface area contributed by atoms with E-state index >= 15 is 0 Å². The van der Waals surface area contributed by atoms with Crippen LogP contribution in [0.5, 0.6) is 5.75 Å². The van der Waals surface area contributed by atoms with Gasteiger partial charge >= 0.3 is 0 Å². The third-order valence-corrected chi connectivity index (χ3v) is 6.46. The number of para-hydroxylation sites is 1. The van der Waals surface area contributed by atoms with Crippen molar-refractivity contribution < 1.29 is 13.5 Å². The summed E-state index contributed by atoms with van der Waals surface area (Å²) in [7, 11) is 8.44. The van der Waals surface area contributed by atoms with Gasteiger partial charge in [-0.15, -0.1) is 0 Å². The molecule has 2 aromatic carbocycles. The van der Waals surface area contributed by atoms with E-state index in [4.69, 9.17) is 33.6 Å². The highest BCUT2D eigenvalue weighted by Crippen LogP contribution is 2.35. The number of nitrogens with zero attached hydrogens (tertiary/aromatic N) is 5. The van der Waals surface area contributed by atoms with Crippen molar-refractivity contribution >= 4 is 36.0 Å². The maximum absolute atomic E-state index is 14.5. The minimum atomic E-state index is -1.27. The first-order chi connectivity index (χ1) is 18.1. The molecule has 0 unspecified atom stereocenters. The van der Waals surface area contributed by atoms with Gasteiger partial charge in [-0.3, -0.25) is 0 Å². The molecule has 0 saturated heterocycles. The molecule has 8 nitrogen and oxygen atoms in total. The van der Waals surface area contributed by atoms with Crippen LogP contribution in [-0.2, 0) is 19.1 Å². The zero-order valence-electron chi connectivity index (χ0n) is 21.0. The fourth-order valence-corrected chi connectivity index (χ4v) is 4.62. The number of aromatic nitrogens is 5. The molecule has 0 fully saturated rings. The summed E-state index contributed by atoms with van der Waals surface area (Å²) in [4.78, 5) is 13.2. The van der Waals surface area contributed by atoms with Crippen molar-refractivity contribution in [3.05, 3.63) is 95.3 Å². The molecule has 0 saturated carbocycles. The summed E-state index contributed by atoms with van der Waals surface area (Å²) in [5, 5.41) is 8.30. The SMILES string of the molecule is [B][C@@](C)(NC(=C)c1cocn1)c1cc(F)cc(Cl)c1COc1cccc2c(-c3ncnn3C)cc(C)nc12. The average molecular weight is 529 g/mol. The molecule has 1 atom stereocenters. The normalized spacial score (nSPS) is 12.9. The summed E-state index contributed by atoms with van der Waals surface area (Å²) < 4.78 is 27.5. The Balaban J connectivity index is 1.51. The van der Waals surface area contributed by atoms with E-state index in [9.17, 15) is 4.39 Å². The number of halogens is 2. The zero-order valence-corrected chi connectivity index (χ0v) is 21.8. The predicted octanol–water partition coefficient (Wildman–Crippen LogP) is 5.30. The van der Waals surface area contributed by atoms with Crippen molar-refractivity contribution in [3.63, 3.8) is 0 Å². The summed E-state index contributed by atoms with van der Waals surface area (Å²) in [6.07, 6.45) is 4.22. The first-order valence-electron chi connectivity index (χ1n) is 11.6. The first-order valence-corrected chi connectivity index (χ1v) is 12.0. The number of ether oxygens (including phenoxy) is 1. The van der Waals surface area contributed by atoms with Gasteiger partial charge < -0.3 is 14.5 Å². The van der Waals surface area contributed by atoms with Crippen LogP contribution in [0.15, 0.2) is 66.4 Å². The van der Waals surface area contributed by atoms with E-state index in [1.165, 1.54) is 31.1 Å². The van der Waals surface area contributed by atoms with Crippen LogP contribution in [0.2, 0.25) is 5.02 Å². The van der Waals surface area contributed by atoms with Crippen LogP contribution in [0.4, 0.5) is 4.39 Å². The van der Waals surface area contributed by atoms with Crippen molar-refractivity contribution in [1.29, 1.82) is 0 Å². The second kappa shape index (κ2) is 9.94. The summed E-state index contributed by atoms with van der Waals surface area (Å²) in [6.45, 7) is 7.55. The van der Waals surface area contributed by atoms with Gasteiger partial charge in [0.15, 0.2) is 12.2 Å². The maximum Gasteiger partial charge on any atom is 0.181 e. The molecule has 1 N–H and O–H groups in total. The van der Waals surface area contributed by atoms with E-state index in [1.807, 2.05) is 38.2 Å². The monoisotopic (exact) mass is 528 g/mol. The van der Waals surface area contributed by atoms with Crippen LogP contribution >= 0.6 is 11.6 Å². The minimum Gasteiger partial charge on any atom is -0.487 e. The first kappa shape index (κ1) is 25.5. The Hall–Kier alpha value is -4.18. The van der Waals surface area contributed by atoms with Gasteiger partial charge in [-0.1, -0.05) is 30.3 Å². The smallest absolute Gasteiger partial charge is 0.181 e. The number of benzene rings is 2. The lowest BCUT2D eigenvalue weighted by Gasteiger charge is -2.32. The van der Waals surface area contributed by atoms with E-state index in [0.717, 1.165) is 16.6 Å². The van der Waals surface area contributed by atoms with Crippen molar-refractivity contribution in [2.75, 3.05) is 0 Å². The second-order valence-electron chi connectivity index (χ2n) is 9.05. The van der Waals surface area contributed by atoms with Crippen LogP contribution in [0.25, 0.3) is 28.0 Å². The molecular formula is C27H23BClFN6O2. The van der Waals surface area contributed by atoms with Crippen molar-refractivity contribution in [2.24, 2.45) is 7.05 Å². The molecule has 0 spiro atoms. The highest BCUT2D eigenvalue weighted by Gasteiger charge is 2.27. The van der Waals surface area contributed by atoms with Crippen LogP contribution in [0, 0.1) is 12.7 Å². The van der Waals surface area contributed by atoms with E-state index < -0.39 is 11.3 Å². The number of hydrogen-bond acceptors (Lipinski definition) is 7. The molecule has 190 valence electrons. The molecule has 0 amide bonds. The molecule has 0 bridgehead atoms. The highest BCUT2D eigenvalue weighted by atomic mass is 35.5. The lowest BCUT2D eigenvalue weighted by molar-refractivity contribution is 0.306. The molecular weight excluding hydrogens is 506 g/mol. The largest absolute Gasteiger partial charge is 0.487 e. The van der Waals surface area contributed by atoms with Gasteiger partial charge in [0, 0.05) is 34.7 Å². The standard InChI is InChI=1S/C27H23BClFN6O2/c1-15-8-19(26-31-13-33-36(26)4)18-6-5-7-24(25(18)34-15)38-11-20-21(9-17(30)10-22(20)29)27(3,28)35-16(2)23-12-37-14-32-23/h5-10,12-14,35H,2,11H2,1,3-4H3/t27-/m0/s1. The third kappa shape index (κ3) is 4.87. The van der Waals surface area contributed by atoms with E-state index in [0.29, 0.717) is 39.6 Å². The highest BCUT2D eigenvalue weighted by molar-refractivity contribution is 6.31. The molecule has 5 aromatic rings. The van der Waals surface area contributed by atoms with Crippen molar-refractivity contribution in [3.8, 4) is 17.1 Å². The molecule has 0 aliphatic carbocycles. The number of fused-ring (bicyclic) bond motifs is 1. The molecule has 2 radical (unpaired) electrons. The Morgan fingerprint density at radius 3 is 2.82 bits per heavy atom. The fourth-order valence-electron chi connectivity index (χ4n) is 4.36. The zero-order chi connectivity index (χ0) is 27.0. The molecule has 38 heavy (non-hydrogen) atoms. The van der Waals surface area contributed by atoms with Gasteiger partial charge in [-0.05, 0) is 43.7 Å². The quantitative estimate of drug-likeness (QED) is 0.273. The van der Waals surface area contributed by atoms with E-state index in [2.05, 4.69) is 27.0 Å². The topological polar surface area (TPSA) is 90.9 Å². The van der Waals surface area contributed by atoms with Crippen LogP contribution in [0.3, 0.4) is 0 Å². The Morgan fingerprint density at radius 1 is 1.29 bits per heavy atom. The summed E-state index contributed by atoms with van der Waals surface area (Å²) >= 11 is 6.51. The average Bonchev–Trinajstić information content (AvgIpc) is 3.54. The van der Waals surface area contributed by atoms with Gasteiger partial charge in [0.1, 0.15) is 49.8 Å². The number of oxazole rings is 1. The number of rotatable bonds is 8. The summed E-state index contributed by atoms with van der Waals surface area (Å²) in [5.74, 6) is 0.702. The lowest BCUT2D eigenvalue weighted by atomic mass is 9.72. The molecule has 3 heterocycles. The Morgan fingerprint density at radius 2 is 2.11 bits per heavy atom. The van der Waals surface area contributed by atoms with E-state index in [-0.39, 0.29) is 11.6 Å². The number of pyridine rings is 1. The Labute approximate surface area is 224 Å². The second-order valence-corrected chi connectivity index (χ2v) is 9.46. The van der Waals surface area contributed by atoms with Crippen LogP contribution in [-0.4, -0.2) is 32.6 Å². The lowest BCUT2D eigenvalue weighted by Crippen LogP contribution is -2.40. The van der Waals surface area contributed by atoms with Gasteiger partial charge in [-0.2, -0.15) is 5.10 Å². The van der Waals surface area contributed by atoms with Gasteiger partial charge in [0.25, 0.3) is 0 Å². The molecule has 0 aliphatic heterocycles. The van der Waals surface area contributed by atoms with E-state index in [1.54, 1.807) is 11.6 Å². The fraction of sp³-hybridized carbons (Fsp3) is 0.185. The number of nitrogens with one attached hydrogen (secondary N) is 1. The molecule has 5 rings (SSSR count). The molecule has 0 aliphatic rings.